The average Bonchev–Trinajstić information content (AvgIpc) is 2.82. The molecule has 19 heavy (non-hydrogen) atoms. The first-order chi connectivity index (χ1) is 9.24. The van der Waals surface area contributed by atoms with Gasteiger partial charge in [-0.25, -0.2) is 0 Å². The van der Waals surface area contributed by atoms with E-state index in [0.29, 0.717) is 11.8 Å². The minimum Gasteiger partial charge on any atom is -0.492 e. The van der Waals surface area contributed by atoms with Gasteiger partial charge in [-0.15, -0.1) is 0 Å². The van der Waals surface area contributed by atoms with E-state index >= 15 is 0 Å². The van der Waals surface area contributed by atoms with Gasteiger partial charge in [-0.1, -0.05) is 25.2 Å². The van der Waals surface area contributed by atoms with E-state index in [4.69, 9.17) is 4.74 Å². The van der Waals surface area contributed by atoms with Crippen LogP contribution in [0.3, 0.4) is 0 Å². The van der Waals surface area contributed by atoms with Crippen LogP contribution in [0.5, 0.6) is 0 Å². The van der Waals surface area contributed by atoms with Gasteiger partial charge in [0.05, 0.1) is 6.10 Å². The molecule has 2 nitrogen and oxygen atoms in total. The van der Waals surface area contributed by atoms with Gasteiger partial charge in [0.15, 0.2) is 0 Å². The maximum atomic E-state index is 10.2. The van der Waals surface area contributed by atoms with Crippen molar-refractivity contribution in [3.63, 3.8) is 0 Å². The first-order valence-electron chi connectivity index (χ1n) is 7.64. The standard InChI is InChI=1S/C17H24O2/c1-3-5-11-6-7-13-12(11)8-9-17-14(13)10-15(18)16(4-2)19-17/h3,5,7,11-12,15-16,18H,4,6,8-10H2,1-2H3/t11-,12?,15?,16?/m1/s1. The Hall–Kier alpha value is -1.02. The molecule has 3 aliphatic rings. The highest BCUT2D eigenvalue weighted by Gasteiger charge is 2.39. The van der Waals surface area contributed by atoms with Gasteiger partial charge in [0, 0.05) is 12.8 Å². The predicted molar refractivity (Wildman–Crippen MR) is 76.5 cm³/mol. The van der Waals surface area contributed by atoms with E-state index in [1.54, 1.807) is 0 Å². The third-order valence-electron chi connectivity index (χ3n) is 4.87. The van der Waals surface area contributed by atoms with Crippen LogP contribution in [0.1, 0.15) is 46.0 Å². The van der Waals surface area contributed by atoms with Crippen molar-refractivity contribution in [3.8, 4) is 0 Å². The lowest BCUT2D eigenvalue weighted by molar-refractivity contribution is -0.0271. The van der Waals surface area contributed by atoms with E-state index in [-0.39, 0.29) is 12.2 Å². The normalized spacial score (nSPS) is 37.9. The molecule has 0 saturated carbocycles. The molecule has 0 bridgehead atoms. The van der Waals surface area contributed by atoms with Gasteiger partial charge in [-0.3, -0.25) is 0 Å². The summed E-state index contributed by atoms with van der Waals surface area (Å²) in [5.41, 5.74) is 2.79. The second-order valence-electron chi connectivity index (χ2n) is 5.97. The fourth-order valence-corrected chi connectivity index (χ4v) is 3.90. The van der Waals surface area contributed by atoms with E-state index in [1.165, 1.54) is 23.3 Å². The first kappa shape index (κ1) is 13.0. The molecule has 0 spiro atoms. The number of hydrogen-bond acceptors (Lipinski definition) is 2. The Bertz CT molecular complexity index is 444. The summed E-state index contributed by atoms with van der Waals surface area (Å²) in [6.45, 7) is 4.19. The Morgan fingerprint density at radius 3 is 3.05 bits per heavy atom. The zero-order valence-electron chi connectivity index (χ0n) is 11.9. The molecule has 1 N–H and O–H groups in total. The van der Waals surface area contributed by atoms with Crippen LogP contribution < -0.4 is 0 Å². The summed E-state index contributed by atoms with van der Waals surface area (Å²) in [6.07, 6.45) is 11.6. The van der Waals surface area contributed by atoms with Gasteiger partial charge in [0.1, 0.15) is 11.9 Å². The minimum atomic E-state index is -0.329. The fraction of sp³-hybridized carbons (Fsp3) is 0.647. The Morgan fingerprint density at radius 1 is 1.47 bits per heavy atom. The fourth-order valence-electron chi connectivity index (χ4n) is 3.90. The lowest BCUT2D eigenvalue weighted by atomic mass is 9.76. The summed E-state index contributed by atoms with van der Waals surface area (Å²) < 4.78 is 6.03. The van der Waals surface area contributed by atoms with Crippen molar-refractivity contribution >= 4 is 0 Å². The first-order valence-corrected chi connectivity index (χ1v) is 7.64. The Balaban J connectivity index is 1.86. The third kappa shape index (κ3) is 2.16. The van der Waals surface area contributed by atoms with Crippen LogP contribution >= 0.6 is 0 Å². The molecule has 0 saturated heterocycles. The zero-order chi connectivity index (χ0) is 13.4. The van der Waals surface area contributed by atoms with Crippen LogP contribution in [0.2, 0.25) is 0 Å². The number of allylic oxidation sites excluding steroid dienone is 5. The molecule has 1 aliphatic heterocycles. The van der Waals surface area contributed by atoms with Crippen molar-refractivity contribution < 1.29 is 9.84 Å². The van der Waals surface area contributed by atoms with Gasteiger partial charge in [-0.05, 0) is 49.2 Å². The van der Waals surface area contributed by atoms with E-state index in [1.807, 2.05) is 0 Å². The van der Waals surface area contributed by atoms with Gasteiger partial charge in [-0.2, -0.15) is 0 Å². The summed E-state index contributed by atoms with van der Waals surface area (Å²) in [4.78, 5) is 0. The van der Waals surface area contributed by atoms with Crippen LogP contribution in [-0.2, 0) is 4.74 Å². The lowest BCUT2D eigenvalue weighted by Gasteiger charge is -2.38. The largest absolute Gasteiger partial charge is 0.492 e. The molecule has 0 aromatic rings. The van der Waals surface area contributed by atoms with E-state index in [2.05, 4.69) is 32.1 Å². The molecule has 2 aliphatic carbocycles. The van der Waals surface area contributed by atoms with Crippen molar-refractivity contribution in [3.05, 3.63) is 35.1 Å². The van der Waals surface area contributed by atoms with Crippen LogP contribution in [0.4, 0.5) is 0 Å². The van der Waals surface area contributed by atoms with Crippen molar-refractivity contribution in [1.82, 2.24) is 0 Å². The second-order valence-corrected chi connectivity index (χ2v) is 5.97. The molecule has 0 fully saturated rings. The van der Waals surface area contributed by atoms with Crippen LogP contribution in [-0.4, -0.2) is 17.3 Å². The smallest absolute Gasteiger partial charge is 0.124 e. The van der Waals surface area contributed by atoms with Gasteiger partial charge in [0.2, 0.25) is 0 Å². The maximum absolute atomic E-state index is 10.2. The molecule has 3 unspecified atom stereocenters. The molecule has 0 radical (unpaired) electrons. The van der Waals surface area contributed by atoms with Gasteiger partial charge >= 0.3 is 0 Å². The Labute approximate surface area is 115 Å². The quantitative estimate of drug-likeness (QED) is 0.767. The molecule has 0 aromatic heterocycles. The minimum absolute atomic E-state index is 0.00337. The number of fused-ring (bicyclic) bond motifs is 2. The van der Waals surface area contributed by atoms with Crippen molar-refractivity contribution in [1.29, 1.82) is 0 Å². The molecule has 0 amide bonds. The molecule has 2 heteroatoms. The Morgan fingerprint density at radius 2 is 2.32 bits per heavy atom. The van der Waals surface area contributed by atoms with E-state index in [0.717, 1.165) is 25.7 Å². The van der Waals surface area contributed by atoms with Crippen molar-refractivity contribution in [2.75, 3.05) is 0 Å². The van der Waals surface area contributed by atoms with Crippen molar-refractivity contribution in [2.45, 2.75) is 58.2 Å². The number of hydrogen-bond donors (Lipinski definition) is 1. The highest BCUT2D eigenvalue weighted by atomic mass is 16.5. The van der Waals surface area contributed by atoms with Crippen LogP contribution in [0.15, 0.2) is 35.1 Å². The Kier molecular flexibility index (Phi) is 3.53. The highest BCUT2D eigenvalue weighted by molar-refractivity contribution is 5.43. The molecule has 104 valence electrons. The maximum Gasteiger partial charge on any atom is 0.124 e. The summed E-state index contributed by atoms with van der Waals surface area (Å²) in [6, 6.07) is 0. The molecule has 4 atom stereocenters. The molecule has 0 aromatic carbocycles. The predicted octanol–water partition coefficient (Wildman–Crippen LogP) is 3.73. The summed E-state index contributed by atoms with van der Waals surface area (Å²) in [5, 5.41) is 10.2. The SMILES string of the molecule is CC=C[C@@H]1CC=C2C3=C(CCC21)OC(CC)C(O)C3. The average molecular weight is 260 g/mol. The number of ether oxygens (including phenoxy) is 1. The summed E-state index contributed by atoms with van der Waals surface area (Å²) in [5.74, 6) is 2.49. The second kappa shape index (κ2) is 5.16. The van der Waals surface area contributed by atoms with Crippen molar-refractivity contribution in [2.24, 2.45) is 11.8 Å². The number of aliphatic hydroxyl groups is 1. The monoisotopic (exact) mass is 260 g/mol. The van der Waals surface area contributed by atoms with Crippen LogP contribution in [0, 0.1) is 11.8 Å². The number of rotatable bonds is 2. The topological polar surface area (TPSA) is 29.5 Å². The van der Waals surface area contributed by atoms with E-state index in [9.17, 15) is 5.11 Å². The lowest BCUT2D eigenvalue weighted by Crippen LogP contribution is -2.35. The molecular formula is C17H24O2. The van der Waals surface area contributed by atoms with Gasteiger partial charge in [0.25, 0.3) is 0 Å². The summed E-state index contributed by atoms with van der Waals surface area (Å²) >= 11 is 0. The third-order valence-corrected chi connectivity index (χ3v) is 4.87. The summed E-state index contributed by atoms with van der Waals surface area (Å²) in [7, 11) is 0. The molecular weight excluding hydrogens is 236 g/mol. The molecule has 3 rings (SSSR count). The highest BCUT2D eigenvalue weighted by Crippen LogP contribution is 2.48. The van der Waals surface area contributed by atoms with Crippen LogP contribution in [0.25, 0.3) is 0 Å². The van der Waals surface area contributed by atoms with Gasteiger partial charge < -0.3 is 9.84 Å². The zero-order valence-corrected chi connectivity index (χ0v) is 11.9. The van der Waals surface area contributed by atoms with E-state index < -0.39 is 0 Å². The number of aliphatic hydroxyl groups excluding tert-OH is 1. The molecule has 1 heterocycles.